The number of benzene rings is 1. The van der Waals surface area contributed by atoms with E-state index in [1.54, 1.807) is 12.1 Å². The molecule has 0 amide bonds. The predicted molar refractivity (Wildman–Crippen MR) is 47.7 cm³/mol. The Hall–Kier alpha value is -1.06. The minimum Gasteiger partial charge on any atom is -0.508 e. The number of aliphatic hydroxyl groups is 1. The van der Waals surface area contributed by atoms with E-state index in [0.29, 0.717) is 13.2 Å². The third kappa shape index (κ3) is 1.66. The number of rotatable bonds is 1. The van der Waals surface area contributed by atoms with E-state index in [4.69, 9.17) is 9.84 Å². The van der Waals surface area contributed by atoms with E-state index >= 15 is 0 Å². The van der Waals surface area contributed by atoms with E-state index in [-0.39, 0.29) is 11.7 Å². The van der Waals surface area contributed by atoms with Crippen LogP contribution in [-0.2, 0) is 4.74 Å². The van der Waals surface area contributed by atoms with Crippen molar-refractivity contribution in [2.45, 2.75) is 12.0 Å². The van der Waals surface area contributed by atoms with Crippen LogP contribution < -0.4 is 0 Å². The van der Waals surface area contributed by atoms with E-state index in [2.05, 4.69) is 0 Å². The molecule has 1 aromatic carbocycles. The molecule has 1 aliphatic rings. The van der Waals surface area contributed by atoms with Gasteiger partial charge in [-0.15, -0.1) is 0 Å². The van der Waals surface area contributed by atoms with Crippen LogP contribution in [0.5, 0.6) is 5.75 Å². The fourth-order valence-electron chi connectivity index (χ4n) is 1.58. The van der Waals surface area contributed by atoms with Crippen LogP contribution in [0, 0.1) is 0 Å². The summed E-state index contributed by atoms with van der Waals surface area (Å²) in [7, 11) is 0. The minimum atomic E-state index is -0.412. The highest BCUT2D eigenvalue weighted by atomic mass is 16.5. The fourth-order valence-corrected chi connectivity index (χ4v) is 1.58. The van der Waals surface area contributed by atoms with Crippen LogP contribution in [0.15, 0.2) is 24.3 Å². The minimum absolute atomic E-state index is 0.0561. The molecular weight excluding hydrogens is 168 g/mol. The molecule has 3 nitrogen and oxygen atoms in total. The van der Waals surface area contributed by atoms with Crippen LogP contribution in [0.25, 0.3) is 0 Å². The van der Waals surface area contributed by atoms with E-state index in [0.717, 1.165) is 5.56 Å². The Labute approximate surface area is 76.6 Å². The number of phenolic OH excluding ortho intramolecular Hbond substituents is 1. The molecule has 0 saturated carbocycles. The Bertz CT molecular complexity index is 281. The van der Waals surface area contributed by atoms with Crippen molar-refractivity contribution < 1.29 is 14.9 Å². The Balaban J connectivity index is 2.20. The summed E-state index contributed by atoms with van der Waals surface area (Å²) in [4.78, 5) is 0. The molecule has 3 heteroatoms. The predicted octanol–water partition coefficient (Wildman–Crippen LogP) is 0.867. The second-order valence-electron chi connectivity index (χ2n) is 3.30. The van der Waals surface area contributed by atoms with Crippen LogP contribution in [0.3, 0.4) is 0 Å². The van der Waals surface area contributed by atoms with Gasteiger partial charge in [-0.25, -0.2) is 0 Å². The second-order valence-corrected chi connectivity index (χ2v) is 3.30. The van der Waals surface area contributed by atoms with Crippen molar-refractivity contribution in [3.05, 3.63) is 29.8 Å². The SMILES string of the molecule is Oc1ccc(C2COCC2O)cc1. The summed E-state index contributed by atoms with van der Waals surface area (Å²) in [6, 6.07) is 6.89. The van der Waals surface area contributed by atoms with Gasteiger partial charge in [-0.3, -0.25) is 0 Å². The van der Waals surface area contributed by atoms with E-state index in [1.807, 2.05) is 12.1 Å². The molecule has 1 aromatic rings. The molecule has 1 heterocycles. The molecule has 13 heavy (non-hydrogen) atoms. The highest BCUT2D eigenvalue weighted by molar-refractivity contribution is 5.29. The van der Waals surface area contributed by atoms with E-state index < -0.39 is 6.10 Å². The molecular formula is C10H12O3. The van der Waals surface area contributed by atoms with Gasteiger partial charge in [-0.1, -0.05) is 12.1 Å². The average molecular weight is 180 g/mol. The molecule has 0 aromatic heterocycles. The number of ether oxygens (including phenoxy) is 1. The lowest BCUT2D eigenvalue weighted by Crippen LogP contribution is -2.15. The van der Waals surface area contributed by atoms with Gasteiger partial charge in [-0.2, -0.15) is 0 Å². The standard InChI is InChI=1S/C10H12O3/c11-8-3-1-7(2-4-8)9-5-13-6-10(9)12/h1-4,9-12H,5-6H2. The molecule has 0 aliphatic carbocycles. The van der Waals surface area contributed by atoms with E-state index in [1.165, 1.54) is 0 Å². The first-order chi connectivity index (χ1) is 6.27. The molecule has 1 saturated heterocycles. The number of phenols is 1. The van der Waals surface area contributed by atoms with Crippen molar-refractivity contribution in [1.82, 2.24) is 0 Å². The molecule has 1 aliphatic heterocycles. The van der Waals surface area contributed by atoms with Crippen molar-refractivity contribution >= 4 is 0 Å². The number of aliphatic hydroxyl groups excluding tert-OH is 1. The van der Waals surface area contributed by atoms with Crippen LogP contribution in [-0.4, -0.2) is 29.5 Å². The molecule has 2 unspecified atom stereocenters. The molecule has 2 atom stereocenters. The van der Waals surface area contributed by atoms with Gasteiger partial charge < -0.3 is 14.9 Å². The lowest BCUT2D eigenvalue weighted by Gasteiger charge is -2.12. The third-order valence-electron chi connectivity index (χ3n) is 2.37. The Morgan fingerprint density at radius 2 is 1.85 bits per heavy atom. The summed E-state index contributed by atoms with van der Waals surface area (Å²) >= 11 is 0. The maximum atomic E-state index is 9.52. The van der Waals surface area contributed by atoms with Crippen LogP contribution in [0.1, 0.15) is 11.5 Å². The highest BCUT2D eigenvalue weighted by Crippen LogP contribution is 2.26. The van der Waals surface area contributed by atoms with Crippen LogP contribution in [0.4, 0.5) is 0 Å². The smallest absolute Gasteiger partial charge is 0.115 e. The van der Waals surface area contributed by atoms with Gasteiger partial charge in [-0.05, 0) is 17.7 Å². The molecule has 1 fully saturated rings. The van der Waals surface area contributed by atoms with E-state index in [9.17, 15) is 5.11 Å². The Morgan fingerprint density at radius 1 is 1.15 bits per heavy atom. The van der Waals surface area contributed by atoms with Gasteiger partial charge in [0.25, 0.3) is 0 Å². The zero-order chi connectivity index (χ0) is 9.26. The average Bonchev–Trinajstić information content (AvgIpc) is 2.53. The zero-order valence-electron chi connectivity index (χ0n) is 7.18. The van der Waals surface area contributed by atoms with Crippen molar-refractivity contribution in [2.75, 3.05) is 13.2 Å². The Kier molecular flexibility index (Phi) is 2.20. The lowest BCUT2D eigenvalue weighted by molar-refractivity contribution is 0.124. The second kappa shape index (κ2) is 3.36. The molecule has 2 N–H and O–H groups in total. The van der Waals surface area contributed by atoms with Gasteiger partial charge >= 0.3 is 0 Å². The first kappa shape index (κ1) is 8.53. The van der Waals surface area contributed by atoms with Gasteiger partial charge in [0.2, 0.25) is 0 Å². The van der Waals surface area contributed by atoms with Crippen molar-refractivity contribution in [1.29, 1.82) is 0 Å². The summed E-state index contributed by atoms with van der Waals surface area (Å²) in [6.07, 6.45) is -0.412. The van der Waals surface area contributed by atoms with Crippen LogP contribution in [0.2, 0.25) is 0 Å². The topological polar surface area (TPSA) is 49.7 Å². The summed E-state index contributed by atoms with van der Waals surface area (Å²) in [5, 5.41) is 18.6. The van der Waals surface area contributed by atoms with Crippen molar-refractivity contribution in [2.24, 2.45) is 0 Å². The fraction of sp³-hybridized carbons (Fsp3) is 0.400. The summed E-state index contributed by atoms with van der Waals surface area (Å²) in [6.45, 7) is 0.970. The lowest BCUT2D eigenvalue weighted by atomic mass is 9.96. The van der Waals surface area contributed by atoms with Gasteiger partial charge in [0, 0.05) is 5.92 Å². The summed E-state index contributed by atoms with van der Waals surface area (Å²) in [5.74, 6) is 0.303. The van der Waals surface area contributed by atoms with Crippen molar-refractivity contribution in [3.63, 3.8) is 0 Å². The molecule has 70 valence electrons. The quantitative estimate of drug-likeness (QED) is 0.674. The maximum Gasteiger partial charge on any atom is 0.115 e. The van der Waals surface area contributed by atoms with Gasteiger partial charge in [0.05, 0.1) is 19.3 Å². The molecule has 0 bridgehead atoms. The van der Waals surface area contributed by atoms with Crippen molar-refractivity contribution in [3.8, 4) is 5.75 Å². The largest absolute Gasteiger partial charge is 0.508 e. The first-order valence-corrected chi connectivity index (χ1v) is 4.32. The molecule has 2 rings (SSSR count). The third-order valence-corrected chi connectivity index (χ3v) is 2.37. The van der Waals surface area contributed by atoms with Crippen LogP contribution >= 0.6 is 0 Å². The number of hydrogen-bond donors (Lipinski definition) is 2. The first-order valence-electron chi connectivity index (χ1n) is 4.32. The zero-order valence-corrected chi connectivity index (χ0v) is 7.18. The normalized spacial score (nSPS) is 27.8. The monoisotopic (exact) mass is 180 g/mol. The van der Waals surface area contributed by atoms with Gasteiger partial charge in [0.15, 0.2) is 0 Å². The number of hydrogen-bond acceptors (Lipinski definition) is 3. The summed E-state index contributed by atoms with van der Waals surface area (Å²) in [5.41, 5.74) is 1.02. The Morgan fingerprint density at radius 3 is 2.38 bits per heavy atom. The summed E-state index contributed by atoms with van der Waals surface area (Å²) < 4.78 is 5.14. The molecule has 0 radical (unpaired) electrons. The number of aromatic hydroxyl groups is 1. The highest BCUT2D eigenvalue weighted by Gasteiger charge is 2.27. The maximum absolute atomic E-state index is 9.52. The molecule has 0 spiro atoms. The van der Waals surface area contributed by atoms with Gasteiger partial charge in [0.1, 0.15) is 5.75 Å².